The van der Waals surface area contributed by atoms with E-state index in [0.717, 1.165) is 24.7 Å². The topological polar surface area (TPSA) is 42.0 Å². The van der Waals surface area contributed by atoms with Crippen LogP contribution in [0.15, 0.2) is 16.7 Å². The van der Waals surface area contributed by atoms with Crippen molar-refractivity contribution in [2.24, 2.45) is 17.8 Å². The molecule has 3 rings (SSSR count). The molecule has 17 heavy (non-hydrogen) atoms. The molecule has 2 atom stereocenters. The third kappa shape index (κ3) is 2.33. The predicted molar refractivity (Wildman–Crippen MR) is 69.9 cm³/mol. The molecule has 5 heteroatoms. The number of fused-ring (bicyclic) bond motifs is 1. The van der Waals surface area contributed by atoms with Gasteiger partial charge in [-0.15, -0.1) is 0 Å². The molecule has 1 aromatic rings. The lowest BCUT2D eigenvalue weighted by Gasteiger charge is -2.12. The van der Waals surface area contributed by atoms with Crippen molar-refractivity contribution in [2.45, 2.75) is 19.3 Å². The second-order valence-corrected chi connectivity index (χ2v) is 6.12. The fraction of sp³-hybridized carbons (Fsp3) is 0.500. The summed E-state index contributed by atoms with van der Waals surface area (Å²) in [5.41, 5.74) is 0.701. The summed E-state index contributed by atoms with van der Waals surface area (Å²) in [6, 6.07) is 1.78. The molecule has 1 amide bonds. The Balaban J connectivity index is 1.65. The van der Waals surface area contributed by atoms with E-state index < -0.39 is 0 Å². The summed E-state index contributed by atoms with van der Waals surface area (Å²) in [7, 11) is 0. The van der Waals surface area contributed by atoms with Crippen molar-refractivity contribution in [2.75, 3.05) is 5.32 Å². The summed E-state index contributed by atoms with van der Waals surface area (Å²) in [6.07, 6.45) is 5.02. The first-order valence-electron chi connectivity index (χ1n) is 5.75. The van der Waals surface area contributed by atoms with Gasteiger partial charge in [0.25, 0.3) is 0 Å². The molecule has 90 valence electrons. The Labute approximate surface area is 113 Å². The average Bonchev–Trinajstić information content (AvgIpc) is 2.91. The summed E-state index contributed by atoms with van der Waals surface area (Å²) in [5, 5.41) is 3.31. The van der Waals surface area contributed by atoms with E-state index in [1.807, 2.05) is 0 Å². The van der Waals surface area contributed by atoms with Crippen LogP contribution in [-0.4, -0.2) is 10.9 Å². The smallest absolute Gasteiger partial charge is 0.227 e. The second-order valence-electron chi connectivity index (χ2n) is 4.91. The Morgan fingerprint density at radius 1 is 1.41 bits per heavy atom. The highest BCUT2D eigenvalue weighted by Gasteiger charge is 2.47. The van der Waals surface area contributed by atoms with E-state index in [2.05, 4.69) is 26.2 Å². The normalized spacial score (nSPS) is 29.9. The van der Waals surface area contributed by atoms with Crippen molar-refractivity contribution >= 4 is 39.1 Å². The molecule has 0 spiro atoms. The average molecular weight is 316 g/mol. The first-order chi connectivity index (χ1) is 8.13. The van der Waals surface area contributed by atoms with Gasteiger partial charge in [-0.05, 0) is 53.1 Å². The number of pyridine rings is 1. The maximum atomic E-state index is 12.0. The number of amides is 1. The number of nitrogens with one attached hydrogen (secondary N) is 1. The Morgan fingerprint density at radius 2 is 2.12 bits per heavy atom. The number of anilines is 1. The first-order valence-corrected chi connectivity index (χ1v) is 6.92. The van der Waals surface area contributed by atoms with Crippen molar-refractivity contribution in [3.63, 3.8) is 0 Å². The van der Waals surface area contributed by atoms with Gasteiger partial charge in [-0.25, -0.2) is 4.98 Å². The van der Waals surface area contributed by atoms with Gasteiger partial charge < -0.3 is 5.32 Å². The molecule has 0 saturated heterocycles. The molecule has 0 bridgehead atoms. The van der Waals surface area contributed by atoms with E-state index in [1.54, 1.807) is 12.3 Å². The van der Waals surface area contributed by atoms with Crippen molar-refractivity contribution in [3.8, 4) is 0 Å². The van der Waals surface area contributed by atoms with Gasteiger partial charge in [0.1, 0.15) is 5.15 Å². The number of carbonyl (C=O) groups excluding carboxylic acids is 1. The molecule has 1 N–H and O–H groups in total. The number of halogens is 2. The predicted octanol–water partition coefficient (Wildman–Crippen LogP) is 3.48. The van der Waals surface area contributed by atoms with E-state index in [0.29, 0.717) is 15.3 Å². The summed E-state index contributed by atoms with van der Waals surface area (Å²) < 4.78 is 0.700. The van der Waals surface area contributed by atoms with E-state index in [4.69, 9.17) is 11.6 Å². The summed E-state index contributed by atoms with van der Waals surface area (Å²) in [5.74, 6) is 1.95. The van der Waals surface area contributed by atoms with Gasteiger partial charge in [0.15, 0.2) is 0 Å². The van der Waals surface area contributed by atoms with E-state index in [9.17, 15) is 4.79 Å². The molecule has 0 aliphatic heterocycles. The molecule has 2 unspecified atom stereocenters. The first kappa shape index (κ1) is 11.5. The molecule has 1 aromatic heterocycles. The van der Waals surface area contributed by atoms with Crippen LogP contribution >= 0.6 is 27.5 Å². The van der Waals surface area contributed by atoms with Crippen LogP contribution in [0.2, 0.25) is 5.15 Å². The zero-order valence-electron chi connectivity index (χ0n) is 9.12. The number of carbonyl (C=O) groups is 1. The highest BCUT2D eigenvalue weighted by molar-refractivity contribution is 9.10. The van der Waals surface area contributed by atoms with Crippen molar-refractivity contribution < 1.29 is 4.79 Å². The Kier molecular flexibility index (Phi) is 2.87. The lowest BCUT2D eigenvalue weighted by atomic mass is 10.0. The van der Waals surface area contributed by atoms with Crippen LogP contribution in [-0.2, 0) is 4.79 Å². The van der Waals surface area contributed by atoms with Crippen molar-refractivity contribution in [3.05, 3.63) is 21.9 Å². The fourth-order valence-electron chi connectivity index (χ4n) is 2.66. The van der Waals surface area contributed by atoms with Crippen LogP contribution in [0.25, 0.3) is 0 Å². The SMILES string of the molecule is O=C(Nc1cnc(Cl)c(Br)c1)C1CC2CC2C1. The molecule has 0 radical (unpaired) electrons. The van der Waals surface area contributed by atoms with Crippen LogP contribution < -0.4 is 5.32 Å². The number of hydrogen-bond donors (Lipinski definition) is 1. The highest BCUT2D eigenvalue weighted by atomic mass is 79.9. The number of rotatable bonds is 2. The number of nitrogens with zero attached hydrogens (tertiary/aromatic N) is 1. The maximum absolute atomic E-state index is 12.0. The quantitative estimate of drug-likeness (QED) is 0.849. The van der Waals surface area contributed by atoms with Crippen LogP contribution in [0.5, 0.6) is 0 Å². The molecule has 3 nitrogen and oxygen atoms in total. The largest absolute Gasteiger partial charge is 0.324 e. The molecule has 0 aromatic carbocycles. The van der Waals surface area contributed by atoms with Gasteiger partial charge in [0, 0.05) is 5.92 Å². The molecule has 2 saturated carbocycles. The molecular formula is C12H12BrClN2O. The Morgan fingerprint density at radius 3 is 2.76 bits per heavy atom. The molecule has 2 fully saturated rings. The van der Waals surface area contributed by atoms with Gasteiger partial charge in [-0.3, -0.25) is 4.79 Å². The van der Waals surface area contributed by atoms with Crippen LogP contribution in [0.1, 0.15) is 19.3 Å². The summed E-state index contributed by atoms with van der Waals surface area (Å²) in [6.45, 7) is 0. The van der Waals surface area contributed by atoms with Crippen LogP contribution in [0.3, 0.4) is 0 Å². The lowest BCUT2D eigenvalue weighted by molar-refractivity contribution is -0.120. The molecular weight excluding hydrogens is 304 g/mol. The summed E-state index contributed by atoms with van der Waals surface area (Å²) >= 11 is 9.09. The van der Waals surface area contributed by atoms with Crippen molar-refractivity contribution in [1.82, 2.24) is 4.98 Å². The lowest BCUT2D eigenvalue weighted by Crippen LogP contribution is -2.21. The van der Waals surface area contributed by atoms with Gasteiger partial charge in [-0.2, -0.15) is 0 Å². The van der Waals surface area contributed by atoms with Crippen molar-refractivity contribution in [1.29, 1.82) is 0 Å². The third-order valence-electron chi connectivity index (χ3n) is 3.68. The monoisotopic (exact) mass is 314 g/mol. The zero-order valence-corrected chi connectivity index (χ0v) is 11.5. The van der Waals surface area contributed by atoms with Gasteiger partial charge in [-0.1, -0.05) is 11.6 Å². The third-order valence-corrected chi connectivity index (χ3v) is 4.81. The minimum atomic E-state index is 0.119. The molecule has 2 aliphatic rings. The van der Waals surface area contributed by atoms with E-state index in [-0.39, 0.29) is 11.8 Å². The Hall–Kier alpha value is -0.610. The molecule has 2 aliphatic carbocycles. The maximum Gasteiger partial charge on any atom is 0.227 e. The highest BCUT2D eigenvalue weighted by Crippen LogP contribution is 2.54. The van der Waals surface area contributed by atoms with Gasteiger partial charge >= 0.3 is 0 Å². The standard InChI is InChI=1S/C12H12BrClN2O/c13-10-4-9(5-15-11(10)14)16-12(17)8-2-6-1-7(6)3-8/h4-8H,1-3H2,(H,16,17). The number of aromatic nitrogens is 1. The minimum absolute atomic E-state index is 0.119. The van der Waals surface area contributed by atoms with E-state index >= 15 is 0 Å². The van der Waals surface area contributed by atoms with Gasteiger partial charge in [0.2, 0.25) is 5.91 Å². The second kappa shape index (κ2) is 4.25. The Bertz CT molecular complexity index is 470. The zero-order chi connectivity index (χ0) is 12.0. The van der Waals surface area contributed by atoms with Gasteiger partial charge in [0.05, 0.1) is 16.4 Å². The summed E-state index contributed by atoms with van der Waals surface area (Å²) in [4.78, 5) is 16.0. The van der Waals surface area contributed by atoms with E-state index in [1.165, 1.54) is 6.42 Å². The van der Waals surface area contributed by atoms with Crippen LogP contribution in [0.4, 0.5) is 5.69 Å². The number of hydrogen-bond acceptors (Lipinski definition) is 2. The minimum Gasteiger partial charge on any atom is -0.324 e. The van der Waals surface area contributed by atoms with Crippen LogP contribution in [0, 0.1) is 17.8 Å². The molecule has 1 heterocycles. The fourth-order valence-corrected chi connectivity index (χ4v) is 3.12.